The molecule has 0 aliphatic heterocycles. The van der Waals surface area contributed by atoms with Crippen LogP contribution in [0.25, 0.3) is 11.1 Å². The highest BCUT2D eigenvalue weighted by Crippen LogP contribution is 2.34. The summed E-state index contributed by atoms with van der Waals surface area (Å²) in [5.74, 6) is -0.651. The molecule has 0 saturated heterocycles. The number of nitrogens with zero attached hydrogens (tertiary/aromatic N) is 2. The Bertz CT molecular complexity index is 656. The van der Waals surface area contributed by atoms with Gasteiger partial charge >= 0.3 is 6.18 Å². The number of rotatable bonds is 1. The fourth-order valence-electron chi connectivity index (χ4n) is 1.61. The average molecular weight is 266 g/mol. The summed E-state index contributed by atoms with van der Waals surface area (Å²) >= 11 is 0. The molecular formula is C13H6F4N2. The van der Waals surface area contributed by atoms with Crippen LogP contribution in [0.15, 0.2) is 36.5 Å². The van der Waals surface area contributed by atoms with E-state index in [1.807, 2.05) is 0 Å². The van der Waals surface area contributed by atoms with Gasteiger partial charge in [0.15, 0.2) is 5.69 Å². The van der Waals surface area contributed by atoms with E-state index in [2.05, 4.69) is 4.98 Å². The largest absolute Gasteiger partial charge is 0.419 e. The lowest BCUT2D eigenvalue weighted by Crippen LogP contribution is -2.09. The Balaban J connectivity index is 2.63. The normalized spacial score (nSPS) is 11.1. The van der Waals surface area contributed by atoms with Crippen LogP contribution < -0.4 is 0 Å². The highest BCUT2D eigenvalue weighted by atomic mass is 19.4. The molecular weight excluding hydrogens is 260 g/mol. The van der Waals surface area contributed by atoms with Crippen molar-refractivity contribution in [2.75, 3.05) is 0 Å². The smallest absolute Gasteiger partial charge is 0.244 e. The maximum Gasteiger partial charge on any atom is 0.419 e. The lowest BCUT2D eigenvalue weighted by Gasteiger charge is -2.10. The summed E-state index contributed by atoms with van der Waals surface area (Å²) in [5, 5.41) is 8.61. The fraction of sp³-hybridized carbons (Fsp3) is 0.0769. The Hall–Kier alpha value is -2.42. The minimum atomic E-state index is -4.71. The third-order valence-corrected chi connectivity index (χ3v) is 2.48. The van der Waals surface area contributed by atoms with Crippen molar-refractivity contribution in [3.05, 3.63) is 53.6 Å². The first kappa shape index (κ1) is 13.0. The molecule has 1 aromatic heterocycles. The van der Waals surface area contributed by atoms with Crippen molar-refractivity contribution >= 4 is 0 Å². The molecule has 1 heterocycles. The molecule has 0 spiro atoms. The van der Waals surface area contributed by atoms with Crippen molar-refractivity contribution in [3.63, 3.8) is 0 Å². The van der Waals surface area contributed by atoms with Gasteiger partial charge in [0.2, 0.25) is 0 Å². The van der Waals surface area contributed by atoms with Crippen molar-refractivity contribution in [1.29, 1.82) is 5.26 Å². The van der Waals surface area contributed by atoms with E-state index < -0.39 is 23.3 Å². The molecule has 0 unspecified atom stereocenters. The molecule has 0 bridgehead atoms. The van der Waals surface area contributed by atoms with Gasteiger partial charge in [-0.05, 0) is 12.1 Å². The number of benzene rings is 1. The molecule has 0 aliphatic carbocycles. The second kappa shape index (κ2) is 4.69. The Morgan fingerprint density at radius 3 is 2.42 bits per heavy atom. The van der Waals surface area contributed by atoms with Gasteiger partial charge < -0.3 is 0 Å². The summed E-state index contributed by atoms with van der Waals surface area (Å²) in [5.41, 5.74) is -1.92. The molecule has 2 aromatic rings. The summed E-state index contributed by atoms with van der Waals surface area (Å²) in [6, 6.07) is 7.52. The van der Waals surface area contributed by atoms with E-state index in [4.69, 9.17) is 5.26 Å². The third kappa shape index (κ3) is 2.55. The maximum atomic E-state index is 13.5. The first-order valence-electron chi connectivity index (χ1n) is 5.15. The highest BCUT2D eigenvalue weighted by molar-refractivity contribution is 5.64. The zero-order chi connectivity index (χ0) is 14.0. The lowest BCUT2D eigenvalue weighted by atomic mass is 10.0. The fourth-order valence-corrected chi connectivity index (χ4v) is 1.61. The van der Waals surface area contributed by atoms with Gasteiger partial charge in [0.1, 0.15) is 11.9 Å². The van der Waals surface area contributed by atoms with Crippen LogP contribution in [0.1, 0.15) is 11.3 Å². The van der Waals surface area contributed by atoms with Crippen molar-refractivity contribution in [2.45, 2.75) is 6.18 Å². The van der Waals surface area contributed by atoms with Crippen LogP contribution in [-0.4, -0.2) is 4.98 Å². The molecule has 0 amide bonds. The topological polar surface area (TPSA) is 36.7 Å². The van der Waals surface area contributed by atoms with E-state index in [1.165, 1.54) is 24.3 Å². The number of alkyl halides is 3. The van der Waals surface area contributed by atoms with E-state index in [1.54, 1.807) is 0 Å². The van der Waals surface area contributed by atoms with Crippen LogP contribution in [-0.2, 0) is 6.18 Å². The highest BCUT2D eigenvalue weighted by Gasteiger charge is 2.34. The quantitative estimate of drug-likeness (QED) is 0.736. The summed E-state index contributed by atoms with van der Waals surface area (Å²) in [6.45, 7) is 0. The summed E-state index contributed by atoms with van der Waals surface area (Å²) in [7, 11) is 0. The average Bonchev–Trinajstić information content (AvgIpc) is 2.37. The molecule has 1 aromatic carbocycles. The molecule has 0 N–H and O–H groups in total. The number of pyridine rings is 1. The minimum absolute atomic E-state index is 0.00462. The Morgan fingerprint density at radius 2 is 1.84 bits per heavy atom. The Morgan fingerprint density at radius 1 is 1.16 bits per heavy atom. The van der Waals surface area contributed by atoms with Crippen molar-refractivity contribution in [2.24, 2.45) is 0 Å². The van der Waals surface area contributed by atoms with Crippen LogP contribution in [0, 0.1) is 17.1 Å². The van der Waals surface area contributed by atoms with Gasteiger partial charge in [-0.3, -0.25) is 0 Å². The van der Waals surface area contributed by atoms with Gasteiger partial charge in [-0.2, -0.15) is 18.4 Å². The maximum absolute atomic E-state index is 13.5. The molecule has 6 heteroatoms. The number of aromatic nitrogens is 1. The van der Waals surface area contributed by atoms with Crippen LogP contribution >= 0.6 is 0 Å². The second-order valence-corrected chi connectivity index (χ2v) is 3.71. The van der Waals surface area contributed by atoms with Gasteiger partial charge in [0, 0.05) is 17.3 Å². The third-order valence-electron chi connectivity index (χ3n) is 2.48. The van der Waals surface area contributed by atoms with Crippen LogP contribution in [0.4, 0.5) is 17.6 Å². The van der Waals surface area contributed by atoms with Crippen molar-refractivity contribution < 1.29 is 17.6 Å². The Labute approximate surface area is 105 Å². The number of hydrogen-bond acceptors (Lipinski definition) is 2. The summed E-state index contributed by atoms with van der Waals surface area (Å²) < 4.78 is 51.8. The number of nitriles is 1. The van der Waals surface area contributed by atoms with Crippen LogP contribution in [0.2, 0.25) is 0 Å². The Kier molecular flexibility index (Phi) is 3.21. The van der Waals surface area contributed by atoms with Crippen molar-refractivity contribution in [1.82, 2.24) is 4.98 Å². The zero-order valence-electron chi connectivity index (χ0n) is 9.37. The van der Waals surface area contributed by atoms with E-state index in [9.17, 15) is 17.6 Å². The van der Waals surface area contributed by atoms with Gasteiger partial charge in [-0.15, -0.1) is 0 Å². The van der Waals surface area contributed by atoms with E-state index >= 15 is 0 Å². The SMILES string of the molecule is N#Cc1ncc(-c2ccccc2F)cc1C(F)(F)F. The van der Waals surface area contributed by atoms with Crippen molar-refractivity contribution in [3.8, 4) is 17.2 Å². The molecule has 2 nitrogen and oxygen atoms in total. The van der Waals surface area contributed by atoms with E-state index in [0.717, 1.165) is 18.3 Å². The van der Waals surface area contributed by atoms with Gasteiger partial charge in [0.25, 0.3) is 0 Å². The first-order chi connectivity index (χ1) is 8.93. The molecule has 0 aliphatic rings. The predicted octanol–water partition coefficient (Wildman–Crippen LogP) is 3.78. The first-order valence-corrected chi connectivity index (χ1v) is 5.15. The van der Waals surface area contributed by atoms with Crippen LogP contribution in [0.3, 0.4) is 0 Å². The second-order valence-electron chi connectivity index (χ2n) is 3.71. The van der Waals surface area contributed by atoms with Gasteiger partial charge in [0.05, 0.1) is 5.56 Å². The predicted molar refractivity (Wildman–Crippen MR) is 59.3 cm³/mol. The van der Waals surface area contributed by atoms with Gasteiger partial charge in [-0.1, -0.05) is 18.2 Å². The van der Waals surface area contributed by atoms with E-state index in [-0.39, 0.29) is 11.1 Å². The van der Waals surface area contributed by atoms with E-state index in [0.29, 0.717) is 0 Å². The summed E-state index contributed by atoms with van der Waals surface area (Å²) in [4.78, 5) is 3.43. The standard InChI is InChI=1S/C13H6F4N2/c14-11-4-2-1-3-9(11)8-5-10(13(15,16)17)12(6-18)19-7-8/h1-5,7H. The molecule has 0 fully saturated rings. The van der Waals surface area contributed by atoms with Gasteiger partial charge in [-0.25, -0.2) is 9.37 Å². The number of hydrogen-bond donors (Lipinski definition) is 0. The van der Waals surface area contributed by atoms with Crippen LogP contribution in [0.5, 0.6) is 0 Å². The molecule has 19 heavy (non-hydrogen) atoms. The molecule has 0 radical (unpaired) electrons. The molecule has 96 valence electrons. The molecule has 0 atom stereocenters. The summed E-state index contributed by atoms with van der Waals surface area (Å²) in [6.07, 6.45) is -3.66. The zero-order valence-corrected chi connectivity index (χ0v) is 9.37. The minimum Gasteiger partial charge on any atom is -0.244 e. The molecule has 0 saturated carbocycles. The number of halogens is 4. The lowest BCUT2D eigenvalue weighted by molar-refractivity contribution is -0.138. The molecule has 2 rings (SSSR count). The monoisotopic (exact) mass is 266 g/mol.